The van der Waals surface area contributed by atoms with E-state index in [0.717, 1.165) is 32.5 Å². The first kappa shape index (κ1) is 15.2. The number of methoxy groups -OCH3 is 1. The number of ether oxygens (including phenoxy) is 1. The predicted octanol–water partition coefficient (Wildman–Crippen LogP) is 1.12. The topological polar surface area (TPSA) is 71.1 Å². The molecule has 0 spiro atoms. The van der Waals surface area contributed by atoms with Crippen molar-refractivity contribution in [2.45, 2.75) is 26.7 Å². The Balaban J connectivity index is 3.80. The zero-order valence-electron chi connectivity index (χ0n) is 10.9. The molecule has 0 aromatic carbocycles. The molecule has 0 aliphatic carbocycles. The van der Waals surface area contributed by atoms with Gasteiger partial charge in [0.15, 0.2) is 0 Å². The SMILES string of the molecule is COCCN(C)CCCC(C)(C)C(N)=NO. The summed E-state index contributed by atoms with van der Waals surface area (Å²) in [5, 5.41) is 11.7. The summed E-state index contributed by atoms with van der Waals surface area (Å²) in [4.78, 5) is 2.21. The van der Waals surface area contributed by atoms with E-state index >= 15 is 0 Å². The van der Waals surface area contributed by atoms with E-state index in [1.807, 2.05) is 13.8 Å². The Labute approximate surface area is 98.2 Å². The normalized spacial score (nSPS) is 13.4. The Hall–Kier alpha value is -0.810. The van der Waals surface area contributed by atoms with Crippen LogP contribution < -0.4 is 5.73 Å². The van der Waals surface area contributed by atoms with E-state index in [1.165, 1.54) is 0 Å². The fourth-order valence-electron chi connectivity index (χ4n) is 1.41. The smallest absolute Gasteiger partial charge is 0.144 e. The summed E-state index contributed by atoms with van der Waals surface area (Å²) in [5.41, 5.74) is 5.37. The van der Waals surface area contributed by atoms with Crippen molar-refractivity contribution in [2.75, 3.05) is 33.9 Å². The summed E-state index contributed by atoms with van der Waals surface area (Å²) in [7, 11) is 3.77. The van der Waals surface area contributed by atoms with Crippen LogP contribution in [0.15, 0.2) is 5.16 Å². The van der Waals surface area contributed by atoms with Gasteiger partial charge in [-0.25, -0.2) is 0 Å². The quantitative estimate of drug-likeness (QED) is 0.284. The van der Waals surface area contributed by atoms with E-state index in [-0.39, 0.29) is 5.41 Å². The van der Waals surface area contributed by atoms with Gasteiger partial charge in [-0.1, -0.05) is 19.0 Å². The second-order valence-corrected chi connectivity index (χ2v) is 4.77. The van der Waals surface area contributed by atoms with Crippen molar-refractivity contribution in [3.8, 4) is 0 Å². The highest BCUT2D eigenvalue weighted by atomic mass is 16.5. The summed E-state index contributed by atoms with van der Waals surface area (Å²) in [6.07, 6.45) is 1.92. The van der Waals surface area contributed by atoms with E-state index in [9.17, 15) is 0 Å². The summed E-state index contributed by atoms with van der Waals surface area (Å²) in [6.45, 7) is 6.64. The number of hydrogen-bond acceptors (Lipinski definition) is 4. The number of nitrogens with two attached hydrogens (primary N) is 1. The van der Waals surface area contributed by atoms with E-state index in [4.69, 9.17) is 15.7 Å². The third kappa shape index (κ3) is 5.92. The van der Waals surface area contributed by atoms with Gasteiger partial charge in [-0.05, 0) is 26.4 Å². The van der Waals surface area contributed by atoms with Gasteiger partial charge in [0.2, 0.25) is 0 Å². The van der Waals surface area contributed by atoms with Crippen LogP contribution in [0.25, 0.3) is 0 Å². The molecular weight excluding hydrogens is 206 g/mol. The lowest BCUT2D eigenvalue weighted by atomic mass is 9.86. The van der Waals surface area contributed by atoms with Crippen molar-refractivity contribution in [3.63, 3.8) is 0 Å². The third-order valence-corrected chi connectivity index (χ3v) is 2.82. The molecule has 0 saturated heterocycles. The van der Waals surface area contributed by atoms with Crippen molar-refractivity contribution in [1.29, 1.82) is 0 Å². The summed E-state index contributed by atoms with van der Waals surface area (Å²) in [5.74, 6) is 0.298. The van der Waals surface area contributed by atoms with E-state index in [2.05, 4.69) is 17.1 Å². The predicted molar refractivity (Wildman–Crippen MR) is 65.8 cm³/mol. The minimum atomic E-state index is -0.239. The van der Waals surface area contributed by atoms with Crippen LogP contribution in [0, 0.1) is 5.41 Å². The highest BCUT2D eigenvalue weighted by molar-refractivity contribution is 5.85. The molecule has 0 aromatic rings. The molecule has 0 fully saturated rings. The summed E-state index contributed by atoms with van der Waals surface area (Å²) in [6, 6.07) is 0. The van der Waals surface area contributed by atoms with Crippen molar-refractivity contribution in [1.82, 2.24) is 4.90 Å². The van der Waals surface area contributed by atoms with Crippen LogP contribution in [0.2, 0.25) is 0 Å². The average Bonchev–Trinajstić information content (AvgIpc) is 2.24. The van der Waals surface area contributed by atoms with Crippen LogP contribution >= 0.6 is 0 Å². The molecule has 5 heteroatoms. The molecule has 0 saturated carbocycles. The second kappa shape index (κ2) is 7.46. The minimum Gasteiger partial charge on any atom is -0.409 e. The van der Waals surface area contributed by atoms with Gasteiger partial charge >= 0.3 is 0 Å². The van der Waals surface area contributed by atoms with E-state index in [1.54, 1.807) is 7.11 Å². The number of likely N-dealkylation sites (N-methyl/N-ethyl adjacent to an activating group) is 1. The molecule has 3 N–H and O–H groups in total. The van der Waals surface area contributed by atoms with Gasteiger partial charge in [0.25, 0.3) is 0 Å². The van der Waals surface area contributed by atoms with Gasteiger partial charge in [-0.2, -0.15) is 0 Å². The highest BCUT2D eigenvalue weighted by Crippen LogP contribution is 2.22. The maximum atomic E-state index is 8.63. The third-order valence-electron chi connectivity index (χ3n) is 2.82. The van der Waals surface area contributed by atoms with Gasteiger partial charge in [0, 0.05) is 19.1 Å². The van der Waals surface area contributed by atoms with Gasteiger partial charge < -0.3 is 20.6 Å². The fourth-order valence-corrected chi connectivity index (χ4v) is 1.41. The molecule has 0 aliphatic heterocycles. The second-order valence-electron chi connectivity index (χ2n) is 4.77. The van der Waals surface area contributed by atoms with Crippen molar-refractivity contribution >= 4 is 5.84 Å². The fraction of sp³-hybridized carbons (Fsp3) is 0.909. The van der Waals surface area contributed by atoms with Crippen molar-refractivity contribution in [3.05, 3.63) is 0 Å². The highest BCUT2D eigenvalue weighted by Gasteiger charge is 2.22. The van der Waals surface area contributed by atoms with Gasteiger partial charge in [0.05, 0.1) is 6.61 Å². The first-order valence-electron chi connectivity index (χ1n) is 5.59. The number of hydrogen-bond donors (Lipinski definition) is 2. The molecule has 5 nitrogen and oxygen atoms in total. The largest absolute Gasteiger partial charge is 0.409 e. The number of rotatable bonds is 8. The molecule has 0 heterocycles. The summed E-state index contributed by atoms with van der Waals surface area (Å²) >= 11 is 0. The molecule has 0 rings (SSSR count). The molecule has 0 radical (unpaired) electrons. The van der Waals surface area contributed by atoms with E-state index in [0.29, 0.717) is 5.84 Å². The Bertz CT molecular complexity index is 217. The number of amidine groups is 1. The zero-order chi connectivity index (χ0) is 12.6. The summed E-state index contributed by atoms with van der Waals surface area (Å²) < 4.78 is 5.00. The van der Waals surface area contributed by atoms with Crippen LogP contribution in [0.1, 0.15) is 26.7 Å². The molecular formula is C11H25N3O2. The Kier molecular flexibility index (Phi) is 7.08. The molecule has 0 amide bonds. The van der Waals surface area contributed by atoms with Gasteiger partial charge in [0.1, 0.15) is 5.84 Å². The van der Waals surface area contributed by atoms with Crippen LogP contribution in [0.3, 0.4) is 0 Å². The van der Waals surface area contributed by atoms with Crippen molar-refractivity contribution in [2.24, 2.45) is 16.3 Å². The lowest BCUT2D eigenvalue weighted by Crippen LogP contribution is -2.33. The first-order chi connectivity index (χ1) is 7.44. The van der Waals surface area contributed by atoms with Crippen LogP contribution in [0.4, 0.5) is 0 Å². The van der Waals surface area contributed by atoms with Gasteiger partial charge in [-0.3, -0.25) is 0 Å². The van der Waals surface area contributed by atoms with Crippen LogP contribution in [-0.4, -0.2) is 49.8 Å². The standard InChI is InChI=1S/C11H25N3O2/c1-11(2,10(12)13-15)6-5-7-14(3)8-9-16-4/h15H,5-9H2,1-4H3,(H2,12,13). The lowest BCUT2D eigenvalue weighted by Gasteiger charge is -2.24. The Morgan fingerprint density at radius 3 is 2.56 bits per heavy atom. The molecule has 0 bridgehead atoms. The van der Waals surface area contributed by atoms with Crippen LogP contribution in [0.5, 0.6) is 0 Å². The Morgan fingerprint density at radius 2 is 2.06 bits per heavy atom. The lowest BCUT2D eigenvalue weighted by molar-refractivity contribution is 0.159. The molecule has 0 aliphatic rings. The maximum Gasteiger partial charge on any atom is 0.144 e. The first-order valence-corrected chi connectivity index (χ1v) is 5.59. The zero-order valence-corrected chi connectivity index (χ0v) is 10.9. The monoisotopic (exact) mass is 231 g/mol. The van der Waals surface area contributed by atoms with Crippen LogP contribution in [-0.2, 0) is 4.74 Å². The maximum absolute atomic E-state index is 8.63. The number of nitrogens with zero attached hydrogens (tertiary/aromatic N) is 2. The van der Waals surface area contributed by atoms with Gasteiger partial charge in [-0.15, -0.1) is 0 Å². The Morgan fingerprint density at radius 1 is 1.44 bits per heavy atom. The molecule has 16 heavy (non-hydrogen) atoms. The minimum absolute atomic E-state index is 0.239. The van der Waals surface area contributed by atoms with E-state index < -0.39 is 0 Å². The molecule has 0 atom stereocenters. The number of oxime groups is 1. The molecule has 0 unspecified atom stereocenters. The molecule has 0 aromatic heterocycles. The molecule has 96 valence electrons. The average molecular weight is 231 g/mol. The van der Waals surface area contributed by atoms with Crippen molar-refractivity contribution < 1.29 is 9.94 Å².